The van der Waals surface area contributed by atoms with Gasteiger partial charge < -0.3 is 10.4 Å². The first-order chi connectivity index (χ1) is 12.1. The molecule has 1 aromatic rings. The van der Waals surface area contributed by atoms with Crippen molar-refractivity contribution in [3.05, 3.63) is 11.3 Å². The molecule has 25 heavy (non-hydrogen) atoms. The number of nitriles is 1. The highest BCUT2D eigenvalue weighted by molar-refractivity contribution is 8.01. The molecule has 1 saturated heterocycles. The summed E-state index contributed by atoms with van der Waals surface area (Å²) >= 11 is 2.58. The monoisotopic (exact) mass is 381 g/mol. The fraction of sp³-hybridized carbons (Fsp3) is 0.417. The van der Waals surface area contributed by atoms with Crippen molar-refractivity contribution in [1.29, 1.82) is 5.26 Å². The van der Waals surface area contributed by atoms with E-state index in [2.05, 4.69) is 20.8 Å². The molecule has 2 N–H and O–H groups in total. The van der Waals surface area contributed by atoms with E-state index in [0.717, 1.165) is 0 Å². The van der Waals surface area contributed by atoms with Crippen LogP contribution >= 0.6 is 23.5 Å². The molecule has 1 unspecified atom stereocenters. The number of nitrogens with zero attached hydrogens (tertiary/aromatic N) is 6. The normalized spacial score (nSPS) is 22.0. The van der Waals surface area contributed by atoms with E-state index in [1.54, 1.807) is 0 Å². The van der Waals surface area contributed by atoms with Crippen LogP contribution in [0.15, 0.2) is 16.4 Å². The van der Waals surface area contributed by atoms with Crippen LogP contribution in [0.5, 0.6) is 0 Å². The number of aliphatic carboxylic acids is 1. The van der Waals surface area contributed by atoms with Crippen LogP contribution in [0.3, 0.4) is 0 Å². The van der Waals surface area contributed by atoms with Gasteiger partial charge in [0.25, 0.3) is 5.91 Å². The summed E-state index contributed by atoms with van der Waals surface area (Å²) in [6.45, 7) is -0.0132. The Morgan fingerprint density at radius 1 is 1.60 bits per heavy atom. The van der Waals surface area contributed by atoms with Gasteiger partial charge in [-0.25, -0.2) is 9.48 Å². The summed E-state index contributed by atoms with van der Waals surface area (Å²) in [6.07, 6.45) is 0.436. The number of hydrogen-bond acceptors (Lipinski definition) is 9. The molecule has 3 rings (SSSR count). The molecule has 1 fully saturated rings. The van der Waals surface area contributed by atoms with Gasteiger partial charge in [-0.2, -0.15) is 5.26 Å². The molecule has 11 nitrogen and oxygen atoms in total. The van der Waals surface area contributed by atoms with Gasteiger partial charge in [0.15, 0.2) is 0 Å². The molecule has 1 aromatic heterocycles. The van der Waals surface area contributed by atoms with Crippen LogP contribution < -0.4 is 5.32 Å². The molecule has 2 aliphatic rings. The second kappa shape index (κ2) is 7.11. The Hall–Kier alpha value is -2.59. The number of nitrogens with one attached hydrogen (secondary N) is 1. The minimum Gasteiger partial charge on any atom is -0.477 e. The Balaban J connectivity index is 1.79. The van der Waals surface area contributed by atoms with E-state index in [1.165, 1.54) is 33.1 Å². The molecule has 2 atom stereocenters. The lowest BCUT2D eigenvalue weighted by Gasteiger charge is -2.49. The van der Waals surface area contributed by atoms with E-state index < -0.39 is 23.3 Å². The highest BCUT2D eigenvalue weighted by atomic mass is 32.2. The highest BCUT2D eigenvalue weighted by Crippen LogP contribution is 2.41. The van der Waals surface area contributed by atoms with Gasteiger partial charge in [0.2, 0.25) is 11.6 Å². The molecule has 3 heterocycles. The smallest absolute Gasteiger partial charge is 0.352 e. The quantitative estimate of drug-likeness (QED) is 0.329. The second-order valence-electron chi connectivity index (χ2n) is 5.00. The Morgan fingerprint density at radius 3 is 3.08 bits per heavy atom. The maximum absolute atomic E-state index is 12.1. The SMILES string of the molecule is N#CCn1nnnc1SCC1=C(C(=O)O)N2C(=O)C(NC=O)[C@@H]2SC1. The number of β-lactam (4-membered cyclic amide) rings is 1. The zero-order chi connectivity index (χ0) is 18.0. The van der Waals surface area contributed by atoms with Gasteiger partial charge in [-0.3, -0.25) is 14.5 Å². The molecule has 0 spiro atoms. The average molecular weight is 381 g/mol. The standard InChI is InChI=1S/C12H11N7O4S2/c13-1-2-18-12(15-16-17-18)25-4-6-3-24-10-7(14-5-20)9(21)19(10)8(6)11(22)23/h5,7,10H,2-4H2,(H,14,20)(H,22,23)/t7?,10-/m0/s1. The molecule has 2 amide bonds. The number of carbonyl (C=O) groups excluding carboxylic acids is 2. The van der Waals surface area contributed by atoms with Crippen molar-refractivity contribution >= 4 is 41.8 Å². The lowest BCUT2D eigenvalue weighted by atomic mass is 10.0. The van der Waals surface area contributed by atoms with Crippen LogP contribution in [0.25, 0.3) is 0 Å². The van der Waals surface area contributed by atoms with Gasteiger partial charge in [-0.05, 0) is 16.0 Å². The van der Waals surface area contributed by atoms with Crippen molar-refractivity contribution in [3.8, 4) is 6.07 Å². The van der Waals surface area contributed by atoms with E-state index in [4.69, 9.17) is 5.26 Å². The van der Waals surface area contributed by atoms with E-state index in [-0.39, 0.29) is 18.0 Å². The van der Waals surface area contributed by atoms with Crippen molar-refractivity contribution in [2.24, 2.45) is 0 Å². The zero-order valence-corrected chi connectivity index (χ0v) is 14.2. The zero-order valence-electron chi connectivity index (χ0n) is 12.5. The van der Waals surface area contributed by atoms with Crippen LogP contribution in [-0.2, 0) is 20.9 Å². The number of aromatic nitrogens is 4. The molecule has 0 saturated carbocycles. The summed E-state index contributed by atoms with van der Waals surface area (Å²) in [5.74, 6) is -0.975. The Labute approximate surface area is 149 Å². The Bertz CT molecular complexity index is 802. The first-order valence-electron chi connectivity index (χ1n) is 6.94. The molecular formula is C12H11N7O4S2. The molecule has 130 valence electrons. The summed E-state index contributed by atoms with van der Waals surface area (Å²) in [4.78, 5) is 35.5. The summed E-state index contributed by atoms with van der Waals surface area (Å²) in [5.41, 5.74) is 0.493. The third-order valence-corrected chi connectivity index (χ3v) is 5.98. The third-order valence-electron chi connectivity index (χ3n) is 3.59. The van der Waals surface area contributed by atoms with Gasteiger partial charge in [0.1, 0.15) is 23.7 Å². The third kappa shape index (κ3) is 3.05. The summed E-state index contributed by atoms with van der Waals surface area (Å²) in [6, 6.07) is 1.23. The van der Waals surface area contributed by atoms with E-state index in [1.807, 2.05) is 6.07 Å². The van der Waals surface area contributed by atoms with Gasteiger partial charge in [-0.15, -0.1) is 16.9 Å². The average Bonchev–Trinajstić information content (AvgIpc) is 3.04. The Kier molecular flexibility index (Phi) is 4.91. The topological polar surface area (TPSA) is 154 Å². The fourth-order valence-corrected chi connectivity index (χ4v) is 4.88. The number of thioether (sulfide) groups is 2. The van der Waals surface area contributed by atoms with Crippen LogP contribution in [0.1, 0.15) is 0 Å². The molecule has 0 bridgehead atoms. The van der Waals surface area contributed by atoms with Crippen molar-refractivity contribution in [1.82, 2.24) is 30.4 Å². The summed E-state index contributed by atoms with van der Waals surface area (Å²) in [7, 11) is 0. The number of carboxylic acid groups (broad SMARTS) is 1. The number of rotatable bonds is 7. The van der Waals surface area contributed by atoms with E-state index in [9.17, 15) is 19.5 Å². The number of fused-ring (bicyclic) bond motifs is 1. The Morgan fingerprint density at radius 2 is 2.40 bits per heavy atom. The van der Waals surface area contributed by atoms with Crippen LogP contribution in [-0.4, -0.2) is 71.4 Å². The molecule has 0 aromatic carbocycles. The van der Waals surface area contributed by atoms with Crippen molar-refractivity contribution in [2.45, 2.75) is 23.1 Å². The van der Waals surface area contributed by atoms with Gasteiger partial charge >= 0.3 is 5.97 Å². The highest BCUT2D eigenvalue weighted by Gasteiger charge is 2.53. The first-order valence-corrected chi connectivity index (χ1v) is 8.97. The summed E-state index contributed by atoms with van der Waals surface area (Å²) in [5, 5.41) is 31.6. The fourth-order valence-electron chi connectivity index (χ4n) is 2.51. The number of tetrazole rings is 1. The van der Waals surface area contributed by atoms with E-state index in [0.29, 0.717) is 22.9 Å². The lowest BCUT2D eigenvalue weighted by Crippen LogP contribution is -2.69. The maximum atomic E-state index is 12.1. The van der Waals surface area contributed by atoms with Crippen molar-refractivity contribution in [3.63, 3.8) is 0 Å². The van der Waals surface area contributed by atoms with Crippen LogP contribution in [0.4, 0.5) is 0 Å². The summed E-state index contributed by atoms with van der Waals surface area (Å²) < 4.78 is 1.31. The first kappa shape index (κ1) is 17.2. The lowest BCUT2D eigenvalue weighted by molar-refractivity contribution is -0.149. The molecule has 0 aliphatic carbocycles. The molecule has 13 heteroatoms. The minimum atomic E-state index is -1.20. The molecule has 2 aliphatic heterocycles. The molecular weight excluding hydrogens is 370 g/mol. The predicted octanol–water partition coefficient (Wildman–Crippen LogP) is -1.34. The van der Waals surface area contributed by atoms with Crippen molar-refractivity contribution < 1.29 is 19.5 Å². The van der Waals surface area contributed by atoms with Gasteiger partial charge in [-0.1, -0.05) is 11.8 Å². The van der Waals surface area contributed by atoms with Gasteiger partial charge in [0, 0.05) is 11.5 Å². The molecule has 0 radical (unpaired) electrons. The minimum absolute atomic E-state index is 0.0132. The van der Waals surface area contributed by atoms with Crippen LogP contribution in [0.2, 0.25) is 0 Å². The number of amides is 2. The number of hydrogen-bond donors (Lipinski definition) is 2. The largest absolute Gasteiger partial charge is 0.477 e. The number of carboxylic acids is 1. The van der Waals surface area contributed by atoms with E-state index >= 15 is 0 Å². The maximum Gasteiger partial charge on any atom is 0.352 e. The number of carbonyl (C=O) groups is 3. The van der Waals surface area contributed by atoms with Crippen molar-refractivity contribution in [2.75, 3.05) is 11.5 Å². The van der Waals surface area contributed by atoms with Gasteiger partial charge in [0.05, 0.1) is 6.07 Å². The van der Waals surface area contributed by atoms with Crippen LogP contribution in [0, 0.1) is 11.3 Å². The predicted molar refractivity (Wildman–Crippen MR) is 84.9 cm³/mol. The second-order valence-corrected chi connectivity index (χ2v) is 7.04.